The Morgan fingerprint density at radius 1 is 1.16 bits per heavy atom. The largest absolute Gasteiger partial charge is 0.493 e. The lowest BCUT2D eigenvalue weighted by atomic mass is 9.94. The van der Waals surface area contributed by atoms with E-state index < -0.39 is 23.6 Å². The number of esters is 1. The maximum atomic E-state index is 12.7. The molecule has 1 heterocycles. The molecule has 136 valence electrons. The fourth-order valence-corrected chi connectivity index (χ4v) is 2.67. The second kappa shape index (κ2) is 7.04. The fraction of sp³-hybridized carbons (Fsp3) is 0.444. The molecule has 0 unspecified atom stereocenters. The van der Waals surface area contributed by atoms with Crippen molar-refractivity contribution in [3.8, 4) is 11.5 Å². The molecule has 1 aliphatic heterocycles. The second-order valence-corrected chi connectivity index (χ2v) is 6.65. The van der Waals surface area contributed by atoms with Gasteiger partial charge in [-0.2, -0.15) is 0 Å². The zero-order valence-electron chi connectivity index (χ0n) is 15.4. The first-order chi connectivity index (χ1) is 11.7. The van der Waals surface area contributed by atoms with Crippen LogP contribution in [0, 0.1) is 0 Å². The summed E-state index contributed by atoms with van der Waals surface area (Å²) in [7, 11) is 3.03. The summed E-state index contributed by atoms with van der Waals surface area (Å²) in [4.78, 5) is 24.7. The molecule has 1 atom stereocenters. The summed E-state index contributed by atoms with van der Waals surface area (Å²) in [6.07, 6.45) is 0. The normalized spacial score (nSPS) is 17.5. The topological polar surface area (TPSA) is 85.9 Å². The molecule has 0 saturated carbocycles. The van der Waals surface area contributed by atoms with Crippen LogP contribution < -0.4 is 20.1 Å². The van der Waals surface area contributed by atoms with E-state index in [2.05, 4.69) is 10.6 Å². The molecule has 2 N–H and O–H groups in total. The van der Waals surface area contributed by atoms with E-state index in [9.17, 15) is 9.59 Å². The van der Waals surface area contributed by atoms with Gasteiger partial charge < -0.3 is 24.8 Å². The van der Waals surface area contributed by atoms with E-state index >= 15 is 0 Å². The predicted octanol–water partition coefficient (Wildman–Crippen LogP) is 2.67. The molecule has 0 fully saturated rings. The van der Waals surface area contributed by atoms with Crippen LogP contribution in [0.2, 0.25) is 0 Å². The van der Waals surface area contributed by atoms with Crippen molar-refractivity contribution < 1.29 is 23.8 Å². The molecule has 2 amide bonds. The van der Waals surface area contributed by atoms with Crippen LogP contribution in [-0.2, 0) is 9.53 Å². The van der Waals surface area contributed by atoms with E-state index in [1.807, 2.05) is 0 Å². The van der Waals surface area contributed by atoms with E-state index in [1.54, 1.807) is 45.9 Å². The van der Waals surface area contributed by atoms with E-state index in [0.717, 1.165) is 0 Å². The predicted molar refractivity (Wildman–Crippen MR) is 92.5 cm³/mol. The number of allylic oxidation sites excluding steroid dienone is 1. The first kappa shape index (κ1) is 18.6. The van der Waals surface area contributed by atoms with Gasteiger partial charge in [-0.1, -0.05) is 12.1 Å². The van der Waals surface area contributed by atoms with E-state index in [1.165, 1.54) is 14.2 Å². The number of ether oxygens (including phenoxy) is 3. The highest BCUT2D eigenvalue weighted by molar-refractivity contribution is 5.95. The van der Waals surface area contributed by atoms with Crippen LogP contribution in [0.4, 0.5) is 4.79 Å². The Morgan fingerprint density at radius 2 is 1.84 bits per heavy atom. The van der Waals surface area contributed by atoms with Crippen LogP contribution in [0.5, 0.6) is 11.5 Å². The van der Waals surface area contributed by atoms with Crippen molar-refractivity contribution in [2.45, 2.75) is 39.3 Å². The van der Waals surface area contributed by atoms with Crippen LogP contribution >= 0.6 is 0 Å². The number of urea groups is 1. The smallest absolute Gasteiger partial charge is 0.338 e. The van der Waals surface area contributed by atoms with Gasteiger partial charge in [0.15, 0.2) is 11.5 Å². The summed E-state index contributed by atoms with van der Waals surface area (Å²) < 4.78 is 16.3. The van der Waals surface area contributed by atoms with Gasteiger partial charge in [-0.3, -0.25) is 0 Å². The SMILES string of the molecule is COc1cccc([C@@H]2NC(=O)NC(C)=C2C(=O)OC(C)(C)C)c1OC. The molecule has 2 rings (SSSR count). The monoisotopic (exact) mass is 348 g/mol. The molecule has 0 bridgehead atoms. The fourth-order valence-electron chi connectivity index (χ4n) is 2.67. The molecule has 25 heavy (non-hydrogen) atoms. The van der Waals surface area contributed by atoms with Gasteiger partial charge in [0, 0.05) is 11.3 Å². The molecule has 0 spiro atoms. The first-order valence-electron chi connectivity index (χ1n) is 7.90. The van der Waals surface area contributed by atoms with Crippen LogP contribution in [-0.4, -0.2) is 31.8 Å². The molecule has 0 saturated heterocycles. The first-order valence-corrected chi connectivity index (χ1v) is 7.90. The average molecular weight is 348 g/mol. The highest BCUT2D eigenvalue weighted by atomic mass is 16.6. The summed E-state index contributed by atoms with van der Waals surface area (Å²) in [6.45, 7) is 7.03. The van der Waals surface area contributed by atoms with Crippen molar-refractivity contribution in [1.29, 1.82) is 0 Å². The molecule has 7 heteroatoms. The van der Waals surface area contributed by atoms with Gasteiger partial charge in [0.1, 0.15) is 5.60 Å². The number of rotatable bonds is 4. The Balaban J connectivity index is 2.56. The zero-order valence-corrected chi connectivity index (χ0v) is 15.4. The standard InChI is InChI=1S/C18H24N2O5/c1-10-13(16(21)25-18(2,3)4)14(20-17(22)19-10)11-8-7-9-12(23-5)15(11)24-6/h7-9,14H,1-6H3,(H2,19,20,22)/t14-/m0/s1. The minimum Gasteiger partial charge on any atom is -0.493 e. The molecule has 1 aromatic carbocycles. The molecular formula is C18H24N2O5. The van der Waals surface area contributed by atoms with E-state index in [-0.39, 0.29) is 0 Å². The van der Waals surface area contributed by atoms with Crippen LogP contribution in [0.25, 0.3) is 0 Å². The third-order valence-electron chi connectivity index (χ3n) is 3.63. The molecule has 0 radical (unpaired) electrons. The van der Waals surface area contributed by atoms with Gasteiger partial charge in [-0.15, -0.1) is 0 Å². The van der Waals surface area contributed by atoms with Crippen molar-refractivity contribution in [3.05, 3.63) is 35.0 Å². The number of carbonyl (C=O) groups excluding carboxylic acids is 2. The Hall–Kier alpha value is -2.70. The molecule has 1 aliphatic rings. The Bertz CT molecular complexity index is 719. The third-order valence-corrected chi connectivity index (χ3v) is 3.63. The van der Waals surface area contributed by atoms with Crippen molar-refractivity contribution in [2.24, 2.45) is 0 Å². The maximum absolute atomic E-state index is 12.7. The number of carbonyl (C=O) groups is 2. The lowest BCUT2D eigenvalue weighted by Gasteiger charge is -2.31. The number of hydrogen-bond donors (Lipinski definition) is 2. The lowest BCUT2D eigenvalue weighted by molar-refractivity contribution is -0.150. The highest BCUT2D eigenvalue weighted by Gasteiger charge is 2.36. The summed E-state index contributed by atoms with van der Waals surface area (Å²) in [5.41, 5.74) is 0.709. The van der Waals surface area contributed by atoms with Gasteiger partial charge in [-0.25, -0.2) is 9.59 Å². The van der Waals surface area contributed by atoms with Crippen LogP contribution in [0.3, 0.4) is 0 Å². The Labute approximate surface area is 147 Å². The molecular weight excluding hydrogens is 324 g/mol. The van der Waals surface area contributed by atoms with Crippen LogP contribution in [0.1, 0.15) is 39.3 Å². The number of amides is 2. The number of hydrogen-bond acceptors (Lipinski definition) is 5. The molecule has 7 nitrogen and oxygen atoms in total. The average Bonchev–Trinajstić information content (AvgIpc) is 2.51. The van der Waals surface area contributed by atoms with Gasteiger partial charge in [0.2, 0.25) is 0 Å². The minimum atomic E-state index is -0.714. The summed E-state index contributed by atoms with van der Waals surface area (Å²) in [5, 5.41) is 5.38. The van der Waals surface area contributed by atoms with Crippen molar-refractivity contribution in [2.75, 3.05) is 14.2 Å². The second-order valence-electron chi connectivity index (χ2n) is 6.65. The van der Waals surface area contributed by atoms with Crippen molar-refractivity contribution in [1.82, 2.24) is 10.6 Å². The highest BCUT2D eigenvalue weighted by Crippen LogP contribution is 2.39. The van der Waals surface area contributed by atoms with E-state index in [0.29, 0.717) is 28.3 Å². The van der Waals surface area contributed by atoms with Crippen LogP contribution in [0.15, 0.2) is 29.5 Å². The zero-order chi connectivity index (χ0) is 18.8. The van der Waals surface area contributed by atoms with Gasteiger partial charge in [0.25, 0.3) is 0 Å². The summed E-state index contributed by atoms with van der Waals surface area (Å²) in [5.74, 6) is 0.451. The van der Waals surface area contributed by atoms with E-state index in [4.69, 9.17) is 14.2 Å². The number of para-hydroxylation sites is 1. The maximum Gasteiger partial charge on any atom is 0.338 e. The molecule has 0 aliphatic carbocycles. The van der Waals surface area contributed by atoms with Gasteiger partial charge in [-0.05, 0) is 33.8 Å². The molecule has 0 aromatic heterocycles. The minimum absolute atomic E-state index is 0.320. The quantitative estimate of drug-likeness (QED) is 0.817. The Kier molecular flexibility index (Phi) is 5.25. The lowest BCUT2D eigenvalue weighted by Crippen LogP contribution is -2.46. The summed E-state index contributed by atoms with van der Waals surface area (Å²) in [6, 6.07) is 4.17. The summed E-state index contributed by atoms with van der Waals surface area (Å²) >= 11 is 0. The van der Waals surface area contributed by atoms with Crippen molar-refractivity contribution in [3.63, 3.8) is 0 Å². The number of benzene rings is 1. The van der Waals surface area contributed by atoms with Crippen molar-refractivity contribution >= 4 is 12.0 Å². The molecule has 1 aromatic rings. The third kappa shape index (κ3) is 4.04. The van der Waals surface area contributed by atoms with Gasteiger partial charge in [0.05, 0.1) is 25.8 Å². The Morgan fingerprint density at radius 3 is 2.40 bits per heavy atom. The number of methoxy groups -OCH3 is 2. The van der Waals surface area contributed by atoms with Gasteiger partial charge >= 0.3 is 12.0 Å². The number of nitrogens with one attached hydrogen (secondary N) is 2.